The van der Waals surface area contributed by atoms with Gasteiger partial charge in [-0.3, -0.25) is 4.72 Å². The molecule has 0 radical (unpaired) electrons. The summed E-state index contributed by atoms with van der Waals surface area (Å²) >= 11 is 5.85. The van der Waals surface area contributed by atoms with E-state index in [1.807, 2.05) is 0 Å². The van der Waals surface area contributed by atoms with Gasteiger partial charge in [0, 0.05) is 0 Å². The molecule has 1 aromatic heterocycles. The molecule has 0 fully saturated rings. The van der Waals surface area contributed by atoms with Gasteiger partial charge in [0.2, 0.25) is 5.82 Å². The van der Waals surface area contributed by atoms with Gasteiger partial charge >= 0.3 is 0 Å². The Balaban J connectivity index is 2.43. The van der Waals surface area contributed by atoms with E-state index < -0.39 is 15.8 Å². The molecule has 0 bridgehead atoms. The predicted molar refractivity (Wildman–Crippen MR) is 72.9 cm³/mol. The Kier molecular flexibility index (Phi) is 3.75. The lowest BCUT2D eigenvalue weighted by atomic mass is 10.1. The highest BCUT2D eigenvalue weighted by atomic mass is 35.5. The standard InChI is InChI=1S/C12H12ClFN2O3S/c1-6-4-9(5-7(2)11(6)14)20(17,18)16-12-10(13)8(3)19-15-12/h4-5H,1-3H3,(H,15,16). The average molecular weight is 319 g/mol. The van der Waals surface area contributed by atoms with E-state index in [-0.39, 0.29) is 26.9 Å². The molecule has 0 amide bonds. The highest BCUT2D eigenvalue weighted by Crippen LogP contribution is 2.27. The monoisotopic (exact) mass is 318 g/mol. The van der Waals surface area contributed by atoms with Crippen LogP contribution in [0.4, 0.5) is 10.2 Å². The van der Waals surface area contributed by atoms with E-state index in [0.29, 0.717) is 5.76 Å². The molecule has 0 spiro atoms. The summed E-state index contributed by atoms with van der Waals surface area (Å²) in [6.45, 7) is 4.54. The van der Waals surface area contributed by atoms with Crippen LogP contribution in [-0.4, -0.2) is 13.6 Å². The molecule has 8 heteroatoms. The first kappa shape index (κ1) is 14.8. The summed E-state index contributed by atoms with van der Waals surface area (Å²) in [5.74, 6) is -0.223. The Bertz CT molecular complexity index is 748. The fraction of sp³-hybridized carbons (Fsp3) is 0.250. The van der Waals surface area contributed by atoms with Gasteiger partial charge in [-0.15, -0.1) is 0 Å². The molecule has 0 aliphatic carbocycles. The van der Waals surface area contributed by atoms with Gasteiger partial charge < -0.3 is 4.52 Å². The summed E-state index contributed by atoms with van der Waals surface area (Å²) in [5, 5.41) is 3.60. The molecule has 2 rings (SSSR count). The average Bonchev–Trinajstić information content (AvgIpc) is 2.67. The summed E-state index contributed by atoms with van der Waals surface area (Å²) < 4.78 is 44.9. The van der Waals surface area contributed by atoms with Crippen LogP contribution in [0.15, 0.2) is 21.6 Å². The molecule has 20 heavy (non-hydrogen) atoms. The van der Waals surface area contributed by atoms with Gasteiger partial charge in [0.05, 0.1) is 4.90 Å². The van der Waals surface area contributed by atoms with E-state index >= 15 is 0 Å². The van der Waals surface area contributed by atoms with E-state index in [1.54, 1.807) is 6.92 Å². The molecule has 0 saturated heterocycles. The van der Waals surface area contributed by atoms with E-state index in [0.717, 1.165) is 0 Å². The first-order chi connectivity index (χ1) is 9.22. The Hall–Kier alpha value is -1.60. The van der Waals surface area contributed by atoms with Gasteiger partial charge in [-0.05, 0) is 44.0 Å². The van der Waals surface area contributed by atoms with Crippen molar-refractivity contribution in [2.45, 2.75) is 25.7 Å². The normalized spacial score (nSPS) is 11.7. The maximum absolute atomic E-state index is 13.5. The Labute approximate surface area is 120 Å². The van der Waals surface area contributed by atoms with Gasteiger partial charge in [0.1, 0.15) is 10.8 Å². The lowest BCUT2D eigenvalue weighted by Crippen LogP contribution is -2.14. The van der Waals surface area contributed by atoms with E-state index in [1.165, 1.54) is 26.0 Å². The highest BCUT2D eigenvalue weighted by molar-refractivity contribution is 7.92. The van der Waals surface area contributed by atoms with Crippen molar-refractivity contribution in [1.29, 1.82) is 0 Å². The number of halogens is 2. The second-order valence-corrected chi connectivity index (χ2v) is 6.44. The predicted octanol–water partition coefficient (Wildman–Crippen LogP) is 3.19. The number of benzene rings is 1. The van der Waals surface area contributed by atoms with Gasteiger partial charge in [-0.1, -0.05) is 16.8 Å². The molecule has 1 heterocycles. The summed E-state index contributed by atoms with van der Waals surface area (Å²) in [6, 6.07) is 2.48. The van der Waals surface area contributed by atoms with Crippen LogP contribution in [0.3, 0.4) is 0 Å². The molecule has 1 aromatic carbocycles. The van der Waals surface area contributed by atoms with E-state index in [9.17, 15) is 12.8 Å². The SMILES string of the molecule is Cc1cc(S(=O)(=O)Nc2noc(C)c2Cl)cc(C)c1F. The van der Waals surface area contributed by atoms with Crippen LogP contribution in [0.2, 0.25) is 5.02 Å². The number of aromatic nitrogens is 1. The molecular formula is C12H12ClFN2O3S. The first-order valence-electron chi connectivity index (χ1n) is 5.63. The molecule has 2 aromatic rings. The van der Waals surface area contributed by atoms with Crippen molar-refractivity contribution in [3.8, 4) is 0 Å². The topological polar surface area (TPSA) is 72.2 Å². The minimum atomic E-state index is -3.91. The van der Waals surface area contributed by atoms with Crippen molar-refractivity contribution in [3.05, 3.63) is 39.9 Å². The fourth-order valence-electron chi connectivity index (χ4n) is 1.67. The summed E-state index contributed by atoms with van der Waals surface area (Å²) in [7, 11) is -3.91. The van der Waals surface area contributed by atoms with Crippen molar-refractivity contribution in [1.82, 2.24) is 5.16 Å². The second-order valence-electron chi connectivity index (χ2n) is 4.38. The number of hydrogen-bond donors (Lipinski definition) is 1. The van der Waals surface area contributed by atoms with Gasteiger partial charge in [0.25, 0.3) is 10.0 Å². The fourth-order valence-corrected chi connectivity index (χ4v) is 3.02. The number of anilines is 1. The van der Waals surface area contributed by atoms with Gasteiger partial charge in [0.15, 0.2) is 5.76 Å². The number of nitrogens with one attached hydrogen (secondary N) is 1. The third kappa shape index (κ3) is 2.64. The molecule has 0 saturated carbocycles. The highest BCUT2D eigenvalue weighted by Gasteiger charge is 2.21. The molecule has 0 unspecified atom stereocenters. The second kappa shape index (κ2) is 5.06. The van der Waals surface area contributed by atoms with Crippen molar-refractivity contribution in [2.24, 2.45) is 0 Å². The van der Waals surface area contributed by atoms with Gasteiger partial charge in [-0.2, -0.15) is 0 Å². The number of hydrogen-bond acceptors (Lipinski definition) is 4. The molecule has 0 aliphatic rings. The van der Waals surface area contributed by atoms with Crippen molar-refractivity contribution >= 4 is 27.4 Å². The number of aryl methyl sites for hydroxylation is 3. The van der Waals surface area contributed by atoms with Crippen LogP contribution in [0.1, 0.15) is 16.9 Å². The quantitative estimate of drug-likeness (QED) is 0.943. The number of rotatable bonds is 3. The van der Waals surface area contributed by atoms with Gasteiger partial charge in [-0.25, -0.2) is 12.8 Å². The maximum atomic E-state index is 13.5. The van der Waals surface area contributed by atoms with E-state index in [4.69, 9.17) is 16.1 Å². The minimum Gasteiger partial charge on any atom is -0.358 e. The lowest BCUT2D eigenvalue weighted by molar-refractivity contribution is 0.400. The molecule has 0 aliphatic heterocycles. The summed E-state index contributed by atoms with van der Waals surface area (Å²) in [4.78, 5) is -0.0642. The van der Waals surface area contributed by atoms with Crippen LogP contribution in [0, 0.1) is 26.6 Å². The summed E-state index contributed by atoms with van der Waals surface area (Å²) in [5.41, 5.74) is 0.487. The Morgan fingerprint density at radius 2 is 1.80 bits per heavy atom. The van der Waals surface area contributed by atoms with Crippen molar-refractivity contribution in [3.63, 3.8) is 0 Å². The number of sulfonamides is 1. The molecule has 1 N–H and O–H groups in total. The zero-order valence-corrected chi connectivity index (χ0v) is 12.6. The largest absolute Gasteiger partial charge is 0.358 e. The van der Waals surface area contributed by atoms with Crippen LogP contribution in [0.25, 0.3) is 0 Å². The maximum Gasteiger partial charge on any atom is 0.263 e. The zero-order valence-electron chi connectivity index (χ0n) is 11.0. The number of nitrogens with zero attached hydrogens (tertiary/aromatic N) is 1. The molecule has 0 atom stereocenters. The smallest absolute Gasteiger partial charge is 0.263 e. The molecular weight excluding hydrogens is 307 g/mol. The van der Waals surface area contributed by atoms with Crippen LogP contribution in [0.5, 0.6) is 0 Å². The zero-order chi connectivity index (χ0) is 15.1. The van der Waals surface area contributed by atoms with Crippen LogP contribution in [-0.2, 0) is 10.0 Å². The third-order valence-electron chi connectivity index (χ3n) is 2.74. The third-order valence-corrected chi connectivity index (χ3v) is 4.51. The Morgan fingerprint density at radius 3 is 2.25 bits per heavy atom. The molecule has 108 valence electrons. The van der Waals surface area contributed by atoms with Crippen LogP contribution < -0.4 is 4.72 Å². The summed E-state index contributed by atoms with van der Waals surface area (Å²) in [6.07, 6.45) is 0. The first-order valence-corrected chi connectivity index (χ1v) is 7.50. The lowest BCUT2D eigenvalue weighted by Gasteiger charge is -2.08. The molecule has 5 nitrogen and oxygen atoms in total. The van der Waals surface area contributed by atoms with Crippen LogP contribution >= 0.6 is 11.6 Å². The van der Waals surface area contributed by atoms with Crippen molar-refractivity contribution < 1.29 is 17.3 Å². The minimum absolute atomic E-state index is 0.0642. The van der Waals surface area contributed by atoms with Crippen molar-refractivity contribution in [2.75, 3.05) is 4.72 Å². The Morgan fingerprint density at radius 1 is 1.25 bits per heavy atom. The van der Waals surface area contributed by atoms with E-state index in [2.05, 4.69) is 9.88 Å².